The molecule has 0 aromatic carbocycles. The van der Waals surface area contributed by atoms with Crippen molar-refractivity contribution in [1.29, 1.82) is 0 Å². The molecule has 0 nitrogen and oxygen atoms in total. The molecule has 0 aliphatic heterocycles. The molecule has 0 spiro atoms. The van der Waals surface area contributed by atoms with E-state index in [1.807, 2.05) is 0 Å². The molecule has 0 fully saturated rings. The molecule has 0 bridgehead atoms. The second-order valence-corrected chi connectivity index (χ2v) is 14.4. The summed E-state index contributed by atoms with van der Waals surface area (Å²) in [5, 5.41) is 0. The largest absolute Gasteiger partial charge is 1.00 e. The minimum Gasteiger partial charge on any atom is -1.00 e. The van der Waals surface area contributed by atoms with Crippen molar-refractivity contribution in [3.05, 3.63) is 0 Å². The van der Waals surface area contributed by atoms with Crippen LogP contribution in [0.15, 0.2) is 0 Å². The molecule has 0 amide bonds. The molecule has 0 aromatic rings. The third-order valence-electron chi connectivity index (χ3n) is 6.94. The zero-order valence-electron chi connectivity index (χ0n) is 21.8. The smallest absolute Gasteiger partial charge is 0.0594 e. The van der Waals surface area contributed by atoms with Gasteiger partial charge in [-0.05, 0) is 32.1 Å². The molecule has 2 heteroatoms. The Hall–Kier alpha value is 0.910. The molecule has 0 radical (unpaired) electrons. The Kier molecular flexibility index (Phi) is 28.9. The maximum absolute atomic E-state index is 2.39. The number of rotatable bonds is 24. The highest BCUT2D eigenvalue weighted by atomic mass is 79.9. The summed E-state index contributed by atoms with van der Waals surface area (Å²) in [7, 11) is -0.630. The van der Waals surface area contributed by atoms with E-state index >= 15 is 0 Å². The van der Waals surface area contributed by atoms with Gasteiger partial charge in [0.1, 0.15) is 0 Å². The van der Waals surface area contributed by atoms with Gasteiger partial charge in [0.15, 0.2) is 0 Å². The molecule has 184 valence electrons. The quantitative estimate of drug-likeness (QED) is 0.0920. The third-order valence-corrected chi connectivity index (χ3v) is 12.0. The van der Waals surface area contributed by atoms with E-state index in [1.54, 1.807) is 31.1 Å². The highest BCUT2D eigenvalue weighted by Crippen LogP contribution is 2.61. The fourth-order valence-corrected chi connectivity index (χ4v) is 9.99. The SMILES string of the molecule is CCCCCCCCCCCCCCCC[P+](CCCC)(CCCC)CCCC.[Br-]. The Balaban J connectivity index is 0. The summed E-state index contributed by atoms with van der Waals surface area (Å²) < 4.78 is 0. The molecule has 30 heavy (non-hydrogen) atoms. The van der Waals surface area contributed by atoms with E-state index in [4.69, 9.17) is 0 Å². The van der Waals surface area contributed by atoms with Crippen LogP contribution in [0, 0.1) is 0 Å². The number of unbranched alkanes of at least 4 members (excludes halogenated alkanes) is 16. The van der Waals surface area contributed by atoms with Crippen LogP contribution in [-0.4, -0.2) is 24.6 Å². The maximum Gasteiger partial charge on any atom is 0.0594 e. The van der Waals surface area contributed by atoms with Crippen LogP contribution in [0.5, 0.6) is 0 Å². The van der Waals surface area contributed by atoms with Crippen LogP contribution in [0.2, 0.25) is 0 Å². The van der Waals surface area contributed by atoms with E-state index in [2.05, 4.69) is 27.7 Å². The van der Waals surface area contributed by atoms with Gasteiger partial charge in [-0.15, -0.1) is 0 Å². The Morgan fingerprint density at radius 3 is 0.833 bits per heavy atom. The van der Waals surface area contributed by atoms with E-state index in [0.717, 1.165) is 0 Å². The molecule has 0 unspecified atom stereocenters. The van der Waals surface area contributed by atoms with Gasteiger partial charge < -0.3 is 17.0 Å². The maximum atomic E-state index is 2.39. The molecule has 0 aliphatic carbocycles. The van der Waals surface area contributed by atoms with Crippen LogP contribution in [0.25, 0.3) is 0 Å². The Labute approximate surface area is 204 Å². The third kappa shape index (κ3) is 20.8. The number of halogens is 1. The predicted octanol–water partition coefficient (Wildman–Crippen LogP) is 7.89. The van der Waals surface area contributed by atoms with Gasteiger partial charge >= 0.3 is 0 Å². The van der Waals surface area contributed by atoms with E-state index in [1.165, 1.54) is 122 Å². The normalized spacial score (nSPS) is 11.6. The average Bonchev–Trinajstić information content (AvgIpc) is 2.74. The van der Waals surface area contributed by atoms with Crippen LogP contribution in [0.1, 0.15) is 156 Å². The van der Waals surface area contributed by atoms with Gasteiger partial charge in [0.25, 0.3) is 0 Å². The molecule has 0 rings (SSSR count). The summed E-state index contributed by atoms with van der Waals surface area (Å²) in [6.07, 6.45) is 36.0. The second-order valence-electron chi connectivity index (χ2n) is 9.89. The summed E-state index contributed by atoms with van der Waals surface area (Å²) in [5.74, 6) is 0. The van der Waals surface area contributed by atoms with Crippen LogP contribution >= 0.6 is 7.26 Å². The van der Waals surface area contributed by atoms with Gasteiger partial charge in [-0.1, -0.05) is 124 Å². The number of hydrogen-bond donors (Lipinski definition) is 0. The lowest BCUT2D eigenvalue weighted by molar-refractivity contribution is -0.00000667. The van der Waals surface area contributed by atoms with Crippen molar-refractivity contribution in [2.75, 3.05) is 24.6 Å². The molecular formula is C28H60BrP. The van der Waals surface area contributed by atoms with Crippen molar-refractivity contribution in [2.45, 2.75) is 156 Å². The summed E-state index contributed by atoms with van der Waals surface area (Å²) >= 11 is 0. The molecular weight excluding hydrogens is 447 g/mol. The standard InChI is InChI=1S/C28H60P.BrH/c1-5-9-13-14-15-16-17-18-19-20-21-22-23-24-28-29(25-10-6-2,26-11-7-3)27-12-8-4;/h5-28H2,1-4H3;1H/q+1;/p-1. The monoisotopic (exact) mass is 506 g/mol. The van der Waals surface area contributed by atoms with Crippen molar-refractivity contribution in [3.8, 4) is 0 Å². The molecule has 0 aliphatic rings. The van der Waals surface area contributed by atoms with Crippen LogP contribution in [-0.2, 0) is 0 Å². The zero-order chi connectivity index (χ0) is 21.5. The lowest BCUT2D eigenvalue weighted by Gasteiger charge is -2.28. The van der Waals surface area contributed by atoms with Gasteiger partial charge in [-0.3, -0.25) is 0 Å². The number of hydrogen-bond acceptors (Lipinski definition) is 0. The fourth-order valence-electron chi connectivity index (χ4n) is 4.79. The highest BCUT2D eigenvalue weighted by molar-refractivity contribution is 7.75. The topological polar surface area (TPSA) is 0 Å². The molecule has 0 saturated carbocycles. The minimum atomic E-state index is -0.630. The molecule has 0 saturated heterocycles. The van der Waals surface area contributed by atoms with Crippen molar-refractivity contribution < 1.29 is 17.0 Å². The van der Waals surface area contributed by atoms with Crippen molar-refractivity contribution in [3.63, 3.8) is 0 Å². The molecule has 0 N–H and O–H groups in total. The molecule has 0 heterocycles. The summed E-state index contributed by atoms with van der Waals surface area (Å²) in [5.41, 5.74) is 0. The van der Waals surface area contributed by atoms with E-state index in [0.29, 0.717) is 0 Å². The van der Waals surface area contributed by atoms with Crippen molar-refractivity contribution in [1.82, 2.24) is 0 Å². The van der Waals surface area contributed by atoms with E-state index in [9.17, 15) is 0 Å². The van der Waals surface area contributed by atoms with Crippen LogP contribution < -0.4 is 17.0 Å². The first-order valence-corrected chi connectivity index (χ1v) is 16.6. The van der Waals surface area contributed by atoms with Crippen LogP contribution in [0.3, 0.4) is 0 Å². The predicted molar refractivity (Wildman–Crippen MR) is 141 cm³/mol. The van der Waals surface area contributed by atoms with Crippen molar-refractivity contribution >= 4 is 7.26 Å². The van der Waals surface area contributed by atoms with Gasteiger partial charge in [0.2, 0.25) is 0 Å². The highest BCUT2D eigenvalue weighted by Gasteiger charge is 2.34. The Morgan fingerprint density at radius 1 is 0.300 bits per heavy atom. The zero-order valence-corrected chi connectivity index (χ0v) is 24.3. The van der Waals surface area contributed by atoms with Gasteiger partial charge in [0, 0.05) is 7.26 Å². The van der Waals surface area contributed by atoms with Gasteiger partial charge in [-0.25, -0.2) is 0 Å². The van der Waals surface area contributed by atoms with Gasteiger partial charge in [-0.2, -0.15) is 0 Å². The lowest BCUT2D eigenvalue weighted by atomic mass is 10.0. The minimum absolute atomic E-state index is 0. The summed E-state index contributed by atoms with van der Waals surface area (Å²) in [4.78, 5) is 0. The molecule has 0 aromatic heterocycles. The van der Waals surface area contributed by atoms with Crippen LogP contribution in [0.4, 0.5) is 0 Å². The first-order valence-electron chi connectivity index (χ1n) is 14.1. The fraction of sp³-hybridized carbons (Fsp3) is 1.00. The first kappa shape index (κ1) is 33.1. The summed E-state index contributed by atoms with van der Waals surface area (Å²) in [6.45, 7) is 9.48. The Morgan fingerprint density at radius 2 is 0.533 bits per heavy atom. The van der Waals surface area contributed by atoms with E-state index in [-0.39, 0.29) is 17.0 Å². The van der Waals surface area contributed by atoms with Crippen molar-refractivity contribution in [2.24, 2.45) is 0 Å². The Bertz CT molecular complexity index is 283. The lowest BCUT2D eigenvalue weighted by Crippen LogP contribution is -3.00. The van der Waals surface area contributed by atoms with E-state index < -0.39 is 7.26 Å². The average molecular weight is 508 g/mol. The first-order chi connectivity index (χ1) is 14.2. The molecule has 0 atom stereocenters. The summed E-state index contributed by atoms with van der Waals surface area (Å²) in [6, 6.07) is 0. The van der Waals surface area contributed by atoms with Gasteiger partial charge in [0.05, 0.1) is 24.6 Å². The second kappa shape index (κ2) is 26.2.